The lowest BCUT2D eigenvalue weighted by Crippen LogP contribution is -2.44. The molecule has 2 fully saturated rings. The van der Waals surface area contributed by atoms with Gasteiger partial charge in [0, 0.05) is 29.5 Å². The van der Waals surface area contributed by atoms with Crippen molar-refractivity contribution in [1.29, 1.82) is 0 Å². The minimum Gasteiger partial charge on any atom is -0.484 e. The zero-order valence-corrected chi connectivity index (χ0v) is 20.1. The summed E-state index contributed by atoms with van der Waals surface area (Å²) in [5.74, 6) is 1.05. The van der Waals surface area contributed by atoms with Crippen molar-refractivity contribution in [1.82, 2.24) is 19.9 Å². The topological polar surface area (TPSA) is 83.5 Å². The van der Waals surface area contributed by atoms with Crippen LogP contribution in [0.25, 0.3) is 11.0 Å². The molecule has 2 aliphatic heterocycles. The SMILES string of the molecule is Cc1nc(N2CCC(N3CCCC3)CC2)nc2ncc(NC(=O)COc3ccc(Cl)cc3)cc12. The third-order valence-corrected chi connectivity index (χ3v) is 6.85. The Morgan fingerprint density at radius 2 is 1.85 bits per heavy atom. The van der Waals surface area contributed by atoms with Gasteiger partial charge in [-0.05, 0) is 76.0 Å². The van der Waals surface area contributed by atoms with E-state index >= 15 is 0 Å². The van der Waals surface area contributed by atoms with Gasteiger partial charge in [-0.2, -0.15) is 4.98 Å². The number of hydrogen-bond donors (Lipinski definition) is 1. The maximum absolute atomic E-state index is 12.3. The standard InChI is InChI=1S/C25H29ClN6O2/c1-17-22-14-19(29-23(33)16-34-21-6-4-18(26)5-7-21)15-27-24(22)30-25(28-17)32-12-8-20(9-13-32)31-10-2-3-11-31/h4-7,14-15,20H,2-3,8-13,16H2,1H3,(H,29,33). The lowest BCUT2D eigenvalue weighted by Gasteiger charge is -2.36. The van der Waals surface area contributed by atoms with Crippen LogP contribution in [0.1, 0.15) is 31.4 Å². The predicted octanol–water partition coefficient (Wildman–Crippen LogP) is 4.07. The Kier molecular flexibility index (Phi) is 6.78. The van der Waals surface area contributed by atoms with Crippen LogP contribution >= 0.6 is 11.6 Å². The summed E-state index contributed by atoms with van der Waals surface area (Å²) in [6.45, 7) is 6.27. The van der Waals surface area contributed by atoms with Crippen LogP contribution in [-0.2, 0) is 4.79 Å². The van der Waals surface area contributed by atoms with Crippen LogP contribution in [0, 0.1) is 6.92 Å². The number of aryl methyl sites for hydroxylation is 1. The zero-order valence-electron chi connectivity index (χ0n) is 19.3. The van der Waals surface area contributed by atoms with Crippen LogP contribution in [0.2, 0.25) is 5.02 Å². The Labute approximate surface area is 204 Å². The average Bonchev–Trinajstić information content (AvgIpc) is 3.39. The van der Waals surface area contributed by atoms with Crippen LogP contribution in [0.4, 0.5) is 11.6 Å². The molecular formula is C25H29ClN6O2. The van der Waals surface area contributed by atoms with Gasteiger partial charge in [-0.25, -0.2) is 9.97 Å². The molecule has 4 heterocycles. The minimum atomic E-state index is -0.271. The zero-order chi connectivity index (χ0) is 23.5. The van der Waals surface area contributed by atoms with Crippen molar-refractivity contribution in [2.45, 2.75) is 38.6 Å². The molecule has 9 heteroatoms. The highest BCUT2D eigenvalue weighted by molar-refractivity contribution is 6.30. The normalized spacial score (nSPS) is 17.3. The van der Waals surface area contributed by atoms with Crippen LogP contribution in [0.3, 0.4) is 0 Å². The molecule has 178 valence electrons. The lowest BCUT2D eigenvalue weighted by atomic mass is 10.0. The van der Waals surface area contributed by atoms with Crippen molar-refractivity contribution >= 4 is 40.2 Å². The molecule has 1 N–H and O–H groups in total. The van der Waals surface area contributed by atoms with Gasteiger partial charge in [-0.3, -0.25) is 4.79 Å². The molecule has 34 heavy (non-hydrogen) atoms. The van der Waals surface area contributed by atoms with Gasteiger partial charge in [0.25, 0.3) is 5.91 Å². The van der Waals surface area contributed by atoms with E-state index in [1.165, 1.54) is 25.9 Å². The summed E-state index contributed by atoms with van der Waals surface area (Å²) in [6, 6.07) is 9.43. The second kappa shape index (κ2) is 10.1. The van der Waals surface area contributed by atoms with E-state index in [2.05, 4.69) is 20.1 Å². The fourth-order valence-electron chi connectivity index (χ4n) is 4.77. The van der Waals surface area contributed by atoms with Gasteiger partial charge in [0.1, 0.15) is 5.75 Å². The molecule has 0 saturated carbocycles. The number of aromatic nitrogens is 3. The summed E-state index contributed by atoms with van der Waals surface area (Å²) in [4.78, 5) is 31.2. The lowest BCUT2D eigenvalue weighted by molar-refractivity contribution is -0.118. The summed E-state index contributed by atoms with van der Waals surface area (Å²) < 4.78 is 5.50. The van der Waals surface area contributed by atoms with Crippen molar-refractivity contribution in [3.8, 4) is 5.75 Å². The number of halogens is 1. The number of amides is 1. The number of pyridine rings is 1. The highest BCUT2D eigenvalue weighted by atomic mass is 35.5. The van der Waals surface area contributed by atoms with E-state index in [-0.39, 0.29) is 12.5 Å². The number of ether oxygens (including phenoxy) is 1. The summed E-state index contributed by atoms with van der Waals surface area (Å²) in [5.41, 5.74) is 2.07. The molecular weight excluding hydrogens is 452 g/mol. The van der Waals surface area contributed by atoms with Crippen molar-refractivity contribution in [3.05, 3.63) is 47.2 Å². The largest absolute Gasteiger partial charge is 0.484 e. The quantitative estimate of drug-likeness (QED) is 0.569. The van der Waals surface area contributed by atoms with E-state index in [9.17, 15) is 4.79 Å². The molecule has 0 aliphatic carbocycles. The highest BCUT2D eigenvalue weighted by Crippen LogP contribution is 2.26. The monoisotopic (exact) mass is 480 g/mol. The first-order valence-corrected chi connectivity index (χ1v) is 12.2. The fraction of sp³-hybridized carbons (Fsp3) is 0.440. The number of carbonyl (C=O) groups is 1. The smallest absolute Gasteiger partial charge is 0.262 e. The first kappa shape index (κ1) is 22.8. The van der Waals surface area contributed by atoms with Crippen LogP contribution in [0.15, 0.2) is 36.5 Å². The molecule has 3 aromatic rings. The summed E-state index contributed by atoms with van der Waals surface area (Å²) in [6.07, 6.45) is 6.58. The number of benzene rings is 1. The van der Waals surface area contributed by atoms with Gasteiger partial charge in [0.2, 0.25) is 5.95 Å². The molecule has 1 aromatic carbocycles. The van der Waals surface area contributed by atoms with Gasteiger partial charge in [-0.15, -0.1) is 0 Å². The Bertz CT molecular complexity index is 1160. The Balaban J connectivity index is 1.21. The van der Waals surface area contributed by atoms with Crippen LogP contribution < -0.4 is 15.0 Å². The summed E-state index contributed by atoms with van der Waals surface area (Å²) in [7, 11) is 0. The number of fused-ring (bicyclic) bond motifs is 1. The number of nitrogens with zero attached hydrogens (tertiary/aromatic N) is 5. The van der Waals surface area contributed by atoms with Gasteiger partial charge < -0.3 is 19.9 Å². The van der Waals surface area contributed by atoms with Crippen molar-refractivity contribution in [2.75, 3.05) is 43.0 Å². The van der Waals surface area contributed by atoms with E-state index in [0.29, 0.717) is 28.1 Å². The number of piperidine rings is 1. The molecule has 5 rings (SSSR count). The van der Waals surface area contributed by atoms with Gasteiger partial charge in [-0.1, -0.05) is 11.6 Å². The van der Waals surface area contributed by atoms with Crippen molar-refractivity contribution in [2.24, 2.45) is 0 Å². The number of rotatable bonds is 6. The van der Waals surface area contributed by atoms with Crippen LogP contribution in [0.5, 0.6) is 5.75 Å². The second-order valence-corrected chi connectivity index (χ2v) is 9.39. The molecule has 0 unspecified atom stereocenters. The number of hydrogen-bond acceptors (Lipinski definition) is 7. The first-order chi connectivity index (χ1) is 16.5. The Morgan fingerprint density at radius 1 is 1.12 bits per heavy atom. The minimum absolute atomic E-state index is 0.110. The predicted molar refractivity (Wildman–Crippen MR) is 134 cm³/mol. The van der Waals surface area contributed by atoms with Gasteiger partial charge in [0.05, 0.1) is 17.6 Å². The summed E-state index contributed by atoms with van der Waals surface area (Å²) in [5, 5.41) is 4.27. The summed E-state index contributed by atoms with van der Waals surface area (Å²) >= 11 is 5.87. The third kappa shape index (κ3) is 5.23. The molecule has 8 nitrogen and oxygen atoms in total. The van der Waals surface area contributed by atoms with Crippen LogP contribution in [-0.4, -0.2) is 64.6 Å². The molecule has 2 aliphatic rings. The Morgan fingerprint density at radius 3 is 2.59 bits per heavy atom. The van der Waals surface area contributed by atoms with E-state index in [1.54, 1.807) is 30.5 Å². The molecule has 0 bridgehead atoms. The number of carbonyl (C=O) groups excluding carboxylic acids is 1. The molecule has 2 aromatic heterocycles. The number of anilines is 2. The van der Waals surface area contributed by atoms with Crippen molar-refractivity contribution < 1.29 is 9.53 Å². The molecule has 0 atom stereocenters. The van der Waals surface area contributed by atoms with Gasteiger partial charge >= 0.3 is 0 Å². The van der Waals surface area contributed by atoms with Crippen molar-refractivity contribution in [3.63, 3.8) is 0 Å². The van der Waals surface area contributed by atoms with E-state index < -0.39 is 0 Å². The molecule has 2 saturated heterocycles. The Hall–Kier alpha value is -2.97. The average molecular weight is 481 g/mol. The van der Waals surface area contributed by atoms with Gasteiger partial charge in [0.15, 0.2) is 12.3 Å². The third-order valence-electron chi connectivity index (χ3n) is 6.60. The molecule has 0 radical (unpaired) electrons. The fourth-order valence-corrected chi connectivity index (χ4v) is 4.89. The van der Waals surface area contributed by atoms with E-state index in [0.717, 1.165) is 43.0 Å². The maximum Gasteiger partial charge on any atom is 0.262 e. The number of likely N-dealkylation sites (tertiary alicyclic amines) is 1. The maximum atomic E-state index is 12.3. The molecule has 1 amide bonds. The molecule has 0 spiro atoms. The number of nitrogens with one attached hydrogen (secondary N) is 1. The highest BCUT2D eigenvalue weighted by Gasteiger charge is 2.27. The second-order valence-electron chi connectivity index (χ2n) is 8.96. The van der Waals surface area contributed by atoms with E-state index in [4.69, 9.17) is 26.3 Å². The van der Waals surface area contributed by atoms with E-state index in [1.807, 2.05) is 13.0 Å². The first-order valence-electron chi connectivity index (χ1n) is 11.9.